The van der Waals surface area contributed by atoms with Crippen molar-refractivity contribution in [3.63, 3.8) is 0 Å². The van der Waals surface area contributed by atoms with Crippen molar-refractivity contribution in [2.24, 2.45) is 22.7 Å². The molecule has 1 aromatic heterocycles. The van der Waals surface area contributed by atoms with E-state index in [1.54, 1.807) is 25.7 Å². The van der Waals surface area contributed by atoms with E-state index in [1.807, 2.05) is 0 Å². The minimum absolute atomic E-state index is 0.0467. The fourth-order valence-electron chi connectivity index (χ4n) is 7.23. The van der Waals surface area contributed by atoms with Crippen LogP contribution in [0.25, 0.3) is 0 Å². The summed E-state index contributed by atoms with van der Waals surface area (Å²) in [5.41, 5.74) is 1.77. The second kappa shape index (κ2) is 8.61. The van der Waals surface area contributed by atoms with Crippen LogP contribution in [0.4, 0.5) is 10.6 Å². The molecule has 3 fully saturated rings. The normalized spacial score (nSPS) is 31.7. The van der Waals surface area contributed by atoms with Crippen LogP contribution in [0.15, 0.2) is 6.33 Å². The largest absolute Gasteiger partial charge is 0.444 e. The van der Waals surface area contributed by atoms with Gasteiger partial charge in [0.05, 0.1) is 18.3 Å². The number of aromatic nitrogens is 2. The maximum absolute atomic E-state index is 12.6. The molecule has 9 nitrogen and oxygen atoms in total. The molecular formula is C26H39N5O4. The molecule has 0 aromatic carbocycles. The number of hydrogen-bond donors (Lipinski definition) is 3. The highest BCUT2D eigenvalue weighted by Gasteiger charge is 2.68. The lowest BCUT2D eigenvalue weighted by molar-refractivity contribution is -0.131. The third-order valence-corrected chi connectivity index (χ3v) is 8.54. The fraction of sp³-hybridized carbons (Fsp3) is 0.769. The number of alkyl carbamates (subject to hydrolysis) is 1. The van der Waals surface area contributed by atoms with Gasteiger partial charge in [0.15, 0.2) is 0 Å². The second-order valence-electron chi connectivity index (χ2n) is 12.5. The monoisotopic (exact) mass is 485 g/mol. The van der Waals surface area contributed by atoms with Gasteiger partial charge in [0, 0.05) is 18.7 Å². The molecule has 4 aliphatic rings. The van der Waals surface area contributed by atoms with Crippen LogP contribution in [-0.4, -0.2) is 63.3 Å². The van der Waals surface area contributed by atoms with Gasteiger partial charge in [0.25, 0.3) is 0 Å². The third kappa shape index (κ3) is 4.84. The highest BCUT2D eigenvalue weighted by atomic mass is 16.6. The molecule has 5 unspecified atom stereocenters. The maximum atomic E-state index is 12.6. The van der Waals surface area contributed by atoms with Gasteiger partial charge < -0.3 is 25.4 Å². The molecule has 0 saturated heterocycles. The molecule has 5 atom stereocenters. The van der Waals surface area contributed by atoms with Gasteiger partial charge in [0.1, 0.15) is 24.3 Å². The highest BCUT2D eigenvalue weighted by Crippen LogP contribution is 2.76. The van der Waals surface area contributed by atoms with Crippen molar-refractivity contribution in [1.29, 1.82) is 0 Å². The standard InChI is InChI=1S/C26H39N5O4/c1-16-7-25-9-17(25)10-26(8-16,14-25)20(32)11-27-22-18-5-6-31(13-19(18)29-15-30-22)21(33)12-28-23(34)35-24(2,3)4/h15-17,20,32H,5-14H2,1-4H3,(H,28,34)(H,27,29,30). The summed E-state index contributed by atoms with van der Waals surface area (Å²) in [6.07, 6.45) is 7.30. The van der Waals surface area contributed by atoms with E-state index < -0.39 is 11.7 Å². The molecule has 1 aliphatic heterocycles. The maximum Gasteiger partial charge on any atom is 0.408 e. The van der Waals surface area contributed by atoms with Gasteiger partial charge >= 0.3 is 6.09 Å². The number of hydrogen-bond acceptors (Lipinski definition) is 7. The summed E-state index contributed by atoms with van der Waals surface area (Å²) in [5, 5.41) is 17.2. The van der Waals surface area contributed by atoms with Crippen LogP contribution in [0.3, 0.4) is 0 Å². The quantitative estimate of drug-likeness (QED) is 0.567. The topological polar surface area (TPSA) is 117 Å². The number of fused-ring (bicyclic) bond motifs is 2. The molecule has 9 heteroatoms. The third-order valence-electron chi connectivity index (χ3n) is 8.54. The Hall–Kier alpha value is -2.42. The molecule has 1 aromatic rings. The number of rotatable bonds is 6. The van der Waals surface area contributed by atoms with E-state index in [0.717, 1.165) is 35.8 Å². The number of aliphatic hydroxyl groups excluding tert-OH is 1. The van der Waals surface area contributed by atoms with Crippen LogP contribution >= 0.6 is 0 Å². The zero-order valence-corrected chi connectivity index (χ0v) is 21.4. The Bertz CT molecular complexity index is 1010. The highest BCUT2D eigenvalue weighted by molar-refractivity contribution is 5.82. The molecule has 2 bridgehead atoms. The van der Waals surface area contributed by atoms with E-state index in [9.17, 15) is 14.7 Å². The molecule has 35 heavy (non-hydrogen) atoms. The number of carbonyl (C=O) groups is 2. The Balaban J connectivity index is 1.16. The number of ether oxygens (including phenoxy) is 1. The molecule has 0 radical (unpaired) electrons. The van der Waals surface area contributed by atoms with Crippen LogP contribution < -0.4 is 10.6 Å². The van der Waals surface area contributed by atoms with E-state index in [4.69, 9.17) is 4.74 Å². The molecule has 3 saturated carbocycles. The molecule has 3 aliphatic carbocycles. The van der Waals surface area contributed by atoms with Gasteiger partial charge in [-0.15, -0.1) is 0 Å². The van der Waals surface area contributed by atoms with Gasteiger partial charge in [-0.2, -0.15) is 0 Å². The first-order valence-electron chi connectivity index (χ1n) is 13.0. The van der Waals surface area contributed by atoms with Crippen molar-refractivity contribution in [2.45, 2.75) is 84.5 Å². The minimum Gasteiger partial charge on any atom is -0.444 e. The predicted octanol–water partition coefficient (Wildman–Crippen LogP) is 2.88. The summed E-state index contributed by atoms with van der Waals surface area (Å²) >= 11 is 0. The number of nitrogens with zero attached hydrogens (tertiary/aromatic N) is 3. The van der Waals surface area contributed by atoms with E-state index in [-0.39, 0.29) is 24.0 Å². The number of nitrogens with one attached hydrogen (secondary N) is 2. The molecule has 1 spiro atoms. The van der Waals surface area contributed by atoms with Crippen LogP contribution in [0.5, 0.6) is 0 Å². The van der Waals surface area contributed by atoms with Crippen molar-refractivity contribution in [3.05, 3.63) is 17.6 Å². The average Bonchev–Trinajstić information content (AvgIpc) is 3.34. The fourth-order valence-corrected chi connectivity index (χ4v) is 7.23. The Kier molecular flexibility index (Phi) is 5.97. The van der Waals surface area contributed by atoms with Gasteiger partial charge in [-0.25, -0.2) is 14.8 Å². The molecule has 3 N–H and O–H groups in total. The summed E-state index contributed by atoms with van der Waals surface area (Å²) in [7, 11) is 0. The Morgan fingerprint density at radius 1 is 1.26 bits per heavy atom. The SMILES string of the molecule is CC1CC2(C(O)CNc3ncnc4c3CCN(C(=O)CNC(=O)OC(C)(C)C)C4)CC3CC3(C1)C2. The minimum atomic E-state index is -0.612. The lowest BCUT2D eigenvalue weighted by Gasteiger charge is -2.43. The van der Waals surface area contributed by atoms with E-state index >= 15 is 0 Å². The van der Waals surface area contributed by atoms with E-state index in [2.05, 4.69) is 27.5 Å². The first-order valence-corrected chi connectivity index (χ1v) is 13.0. The summed E-state index contributed by atoms with van der Waals surface area (Å²) in [6, 6.07) is 0. The average molecular weight is 486 g/mol. The number of anilines is 1. The predicted molar refractivity (Wildman–Crippen MR) is 130 cm³/mol. The summed E-state index contributed by atoms with van der Waals surface area (Å²) in [6.45, 7) is 8.95. The van der Waals surface area contributed by atoms with Crippen LogP contribution in [0.2, 0.25) is 0 Å². The van der Waals surface area contributed by atoms with Crippen LogP contribution in [-0.2, 0) is 22.5 Å². The number of carbonyl (C=O) groups excluding carboxylic acids is 2. The molecule has 2 amide bonds. The summed E-state index contributed by atoms with van der Waals surface area (Å²) in [5.74, 6) is 2.09. The molecule has 2 heterocycles. The molecule has 5 rings (SSSR count). The smallest absolute Gasteiger partial charge is 0.408 e. The summed E-state index contributed by atoms with van der Waals surface area (Å²) < 4.78 is 5.20. The van der Waals surface area contributed by atoms with Crippen molar-refractivity contribution in [1.82, 2.24) is 20.2 Å². The van der Waals surface area contributed by atoms with Gasteiger partial charge in [-0.1, -0.05) is 6.92 Å². The number of amides is 2. The zero-order chi connectivity index (χ0) is 25.0. The Labute approximate surface area is 207 Å². The zero-order valence-electron chi connectivity index (χ0n) is 21.4. The number of aliphatic hydroxyl groups is 1. The molecular weight excluding hydrogens is 446 g/mol. The van der Waals surface area contributed by atoms with Crippen LogP contribution in [0, 0.1) is 22.7 Å². The Morgan fingerprint density at radius 2 is 2.06 bits per heavy atom. The first-order chi connectivity index (χ1) is 16.5. The van der Waals surface area contributed by atoms with Gasteiger partial charge in [-0.3, -0.25) is 4.79 Å². The van der Waals surface area contributed by atoms with Crippen molar-refractivity contribution < 1.29 is 19.4 Å². The first kappa shape index (κ1) is 24.3. The summed E-state index contributed by atoms with van der Waals surface area (Å²) in [4.78, 5) is 35.1. The van der Waals surface area contributed by atoms with Crippen molar-refractivity contribution >= 4 is 17.8 Å². The van der Waals surface area contributed by atoms with Crippen molar-refractivity contribution in [2.75, 3.05) is 25.0 Å². The van der Waals surface area contributed by atoms with E-state index in [0.29, 0.717) is 37.4 Å². The molecule has 192 valence electrons. The second-order valence-corrected chi connectivity index (χ2v) is 12.5. The van der Waals surface area contributed by atoms with Crippen molar-refractivity contribution in [3.8, 4) is 0 Å². The lowest BCUT2D eigenvalue weighted by atomic mass is 9.64. The lowest BCUT2D eigenvalue weighted by Crippen LogP contribution is -2.44. The van der Waals surface area contributed by atoms with Gasteiger partial charge in [0.2, 0.25) is 5.91 Å². The van der Waals surface area contributed by atoms with Crippen LogP contribution in [0.1, 0.15) is 71.1 Å². The van der Waals surface area contributed by atoms with E-state index in [1.165, 1.54) is 25.6 Å². The van der Waals surface area contributed by atoms with Gasteiger partial charge in [-0.05, 0) is 82.0 Å². The Morgan fingerprint density at radius 3 is 2.83 bits per heavy atom.